The number of rotatable bonds is 6. The first-order chi connectivity index (χ1) is 15.3. The molecule has 0 aliphatic rings. The van der Waals surface area contributed by atoms with Crippen LogP contribution in [0.1, 0.15) is 22.5 Å². The lowest BCUT2D eigenvalue weighted by molar-refractivity contribution is -0.136. The molecule has 0 aliphatic carbocycles. The minimum Gasteiger partial charge on any atom is -0.481 e. The number of amides is 1. The van der Waals surface area contributed by atoms with E-state index in [2.05, 4.69) is 10.2 Å². The standard InChI is InChI=1S/C25H22ClN3O3/c1-29(2)25(32)18-9-5-16(6-10-18)15-3-7-17(8-4-15)19-13-20-22(11-12-24(30)31)27-28-23(20)14-21(19)26/h3-10,13-14H,11-12H2,1-2H3,(H,27,28)(H,30,31). The molecule has 4 aromatic rings. The molecule has 0 unspecified atom stereocenters. The number of carboxylic acid groups (broad SMARTS) is 1. The van der Waals surface area contributed by atoms with Crippen LogP contribution in [0.5, 0.6) is 0 Å². The highest BCUT2D eigenvalue weighted by molar-refractivity contribution is 6.34. The number of halogens is 1. The van der Waals surface area contributed by atoms with Crippen molar-refractivity contribution in [1.29, 1.82) is 0 Å². The lowest BCUT2D eigenvalue weighted by Gasteiger charge is -2.11. The lowest BCUT2D eigenvalue weighted by atomic mass is 9.98. The number of hydrogen-bond acceptors (Lipinski definition) is 3. The Labute approximate surface area is 190 Å². The Hall–Kier alpha value is -3.64. The summed E-state index contributed by atoms with van der Waals surface area (Å²) in [5.74, 6) is -0.885. The third-order valence-corrected chi connectivity index (χ3v) is 5.69. The number of nitrogens with zero attached hydrogens (tertiary/aromatic N) is 2. The fourth-order valence-electron chi connectivity index (χ4n) is 3.64. The normalized spacial score (nSPS) is 11.0. The molecule has 0 saturated heterocycles. The molecule has 0 radical (unpaired) electrons. The summed E-state index contributed by atoms with van der Waals surface area (Å²) in [6.45, 7) is 0. The van der Waals surface area contributed by atoms with Crippen molar-refractivity contribution in [3.8, 4) is 22.3 Å². The van der Waals surface area contributed by atoms with E-state index >= 15 is 0 Å². The molecule has 0 aliphatic heterocycles. The number of aromatic amines is 1. The molecule has 0 spiro atoms. The Morgan fingerprint density at radius 1 is 0.969 bits per heavy atom. The molecule has 0 saturated carbocycles. The maximum absolute atomic E-state index is 12.1. The van der Waals surface area contributed by atoms with E-state index in [4.69, 9.17) is 16.7 Å². The summed E-state index contributed by atoms with van der Waals surface area (Å²) < 4.78 is 0. The number of aromatic nitrogens is 2. The summed E-state index contributed by atoms with van der Waals surface area (Å²) in [6.07, 6.45) is 0.368. The zero-order valence-electron chi connectivity index (χ0n) is 17.7. The Balaban J connectivity index is 1.62. The van der Waals surface area contributed by atoms with Crippen LogP contribution in [0.15, 0.2) is 60.7 Å². The van der Waals surface area contributed by atoms with Crippen LogP contribution in [0, 0.1) is 0 Å². The number of carbonyl (C=O) groups is 2. The number of nitrogens with one attached hydrogen (secondary N) is 1. The third-order valence-electron chi connectivity index (χ3n) is 5.37. The van der Waals surface area contributed by atoms with Crippen molar-refractivity contribution in [3.63, 3.8) is 0 Å². The van der Waals surface area contributed by atoms with Gasteiger partial charge in [-0.25, -0.2) is 0 Å². The van der Waals surface area contributed by atoms with Crippen LogP contribution >= 0.6 is 11.6 Å². The maximum atomic E-state index is 12.1. The van der Waals surface area contributed by atoms with E-state index in [9.17, 15) is 9.59 Å². The van der Waals surface area contributed by atoms with Gasteiger partial charge in [0, 0.05) is 37.0 Å². The first-order valence-corrected chi connectivity index (χ1v) is 10.5. The molecule has 0 bridgehead atoms. The summed E-state index contributed by atoms with van der Waals surface area (Å²) in [5, 5.41) is 17.6. The average Bonchev–Trinajstić information content (AvgIpc) is 3.18. The molecule has 32 heavy (non-hydrogen) atoms. The lowest BCUT2D eigenvalue weighted by Crippen LogP contribution is -2.21. The Kier molecular flexibility index (Phi) is 5.97. The van der Waals surface area contributed by atoms with Gasteiger partial charge < -0.3 is 10.0 Å². The number of hydrogen-bond donors (Lipinski definition) is 2. The Morgan fingerprint density at radius 3 is 2.16 bits per heavy atom. The highest BCUT2D eigenvalue weighted by atomic mass is 35.5. The molecule has 1 aromatic heterocycles. The van der Waals surface area contributed by atoms with Crippen LogP contribution in [0.25, 0.3) is 33.2 Å². The van der Waals surface area contributed by atoms with E-state index in [0.29, 0.717) is 22.7 Å². The van der Waals surface area contributed by atoms with Gasteiger partial charge in [0.05, 0.1) is 22.7 Å². The van der Waals surface area contributed by atoms with Crippen LogP contribution in [-0.4, -0.2) is 46.2 Å². The van der Waals surface area contributed by atoms with Crippen molar-refractivity contribution in [2.75, 3.05) is 14.1 Å². The van der Waals surface area contributed by atoms with Crippen LogP contribution in [0.2, 0.25) is 5.02 Å². The van der Waals surface area contributed by atoms with Gasteiger partial charge in [-0.1, -0.05) is 48.0 Å². The molecule has 0 atom stereocenters. The van der Waals surface area contributed by atoms with Gasteiger partial charge in [0.2, 0.25) is 0 Å². The van der Waals surface area contributed by atoms with Crippen LogP contribution in [0.3, 0.4) is 0 Å². The van der Waals surface area contributed by atoms with E-state index in [0.717, 1.165) is 33.2 Å². The first-order valence-electron chi connectivity index (χ1n) is 10.1. The number of carbonyl (C=O) groups excluding carboxylic acids is 1. The number of aryl methyl sites for hydroxylation is 1. The summed E-state index contributed by atoms with van der Waals surface area (Å²) in [7, 11) is 3.46. The van der Waals surface area contributed by atoms with E-state index in [1.165, 1.54) is 0 Å². The molecule has 4 rings (SSSR count). The van der Waals surface area contributed by atoms with E-state index < -0.39 is 5.97 Å². The Morgan fingerprint density at radius 2 is 1.56 bits per heavy atom. The molecule has 7 heteroatoms. The minimum atomic E-state index is -0.856. The van der Waals surface area contributed by atoms with Crippen molar-refractivity contribution < 1.29 is 14.7 Å². The summed E-state index contributed by atoms with van der Waals surface area (Å²) >= 11 is 6.53. The highest BCUT2D eigenvalue weighted by Crippen LogP contribution is 2.34. The summed E-state index contributed by atoms with van der Waals surface area (Å²) in [4.78, 5) is 24.6. The monoisotopic (exact) mass is 447 g/mol. The van der Waals surface area contributed by atoms with Gasteiger partial charge in [0.1, 0.15) is 0 Å². The predicted octanol–water partition coefficient (Wildman–Crippen LogP) is 5.27. The first kappa shape index (κ1) is 21.6. The highest BCUT2D eigenvalue weighted by Gasteiger charge is 2.13. The van der Waals surface area contributed by atoms with Gasteiger partial charge in [-0.05, 0) is 41.0 Å². The van der Waals surface area contributed by atoms with Crippen molar-refractivity contribution >= 4 is 34.4 Å². The quantitative estimate of drug-likeness (QED) is 0.421. The molecule has 1 heterocycles. The van der Waals surface area contributed by atoms with Crippen molar-refractivity contribution in [3.05, 3.63) is 76.9 Å². The van der Waals surface area contributed by atoms with E-state index in [1.54, 1.807) is 19.0 Å². The van der Waals surface area contributed by atoms with Gasteiger partial charge in [-0.2, -0.15) is 5.10 Å². The largest absolute Gasteiger partial charge is 0.481 e. The summed E-state index contributed by atoms with van der Waals surface area (Å²) in [6, 6.07) is 19.3. The van der Waals surface area contributed by atoms with Gasteiger partial charge in [0.15, 0.2) is 0 Å². The van der Waals surface area contributed by atoms with Gasteiger partial charge in [0.25, 0.3) is 5.91 Å². The summed E-state index contributed by atoms with van der Waals surface area (Å²) in [5.41, 5.74) is 5.99. The smallest absolute Gasteiger partial charge is 0.303 e. The van der Waals surface area contributed by atoms with Crippen molar-refractivity contribution in [2.24, 2.45) is 0 Å². The zero-order valence-corrected chi connectivity index (χ0v) is 18.5. The average molecular weight is 448 g/mol. The zero-order chi connectivity index (χ0) is 22.8. The van der Waals surface area contributed by atoms with E-state index in [1.807, 2.05) is 60.7 Å². The topological polar surface area (TPSA) is 86.3 Å². The SMILES string of the molecule is CN(C)C(=O)c1ccc(-c2ccc(-c3cc4c(CCC(=O)O)n[nH]c4cc3Cl)cc2)cc1. The molecule has 0 fully saturated rings. The number of benzene rings is 3. The second-order valence-electron chi connectivity index (χ2n) is 7.80. The van der Waals surface area contributed by atoms with Crippen LogP contribution in [-0.2, 0) is 11.2 Å². The minimum absolute atomic E-state index is 0.0194. The number of aliphatic carboxylic acids is 1. The number of fused-ring (bicyclic) bond motifs is 1. The van der Waals surface area contributed by atoms with Crippen molar-refractivity contribution in [2.45, 2.75) is 12.8 Å². The van der Waals surface area contributed by atoms with E-state index in [-0.39, 0.29) is 12.3 Å². The second-order valence-corrected chi connectivity index (χ2v) is 8.20. The molecule has 1 amide bonds. The third kappa shape index (κ3) is 4.36. The Bertz CT molecular complexity index is 1290. The van der Waals surface area contributed by atoms with Crippen LogP contribution in [0.4, 0.5) is 0 Å². The van der Waals surface area contributed by atoms with Gasteiger partial charge >= 0.3 is 5.97 Å². The molecule has 3 aromatic carbocycles. The predicted molar refractivity (Wildman–Crippen MR) is 126 cm³/mol. The fourth-order valence-corrected chi connectivity index (χ4v) is 3.91. The fraction of sp³-hybridized carbons (Fsp3) is 0.160. The molecule has 162 valence electrons. The molecular weight excluding hydrogens is 426 g/mol. The molecule has 6 nitrogen and oxygen atoms in total. The molecule has 2 N–H and O–H groups in total. The number of H-pyrrole nitrogens is 1. The van der Waals surface area contributed by atoms with Crippen LogP contribution < -0.4 is 0 Å². The maximum Gasteiger partial charge on any atom is 0.303 e. The molecular formula is C25H22ClN3O3. The van der Waals surface area contributed by atoms with Crippen molar-refractivity contribution in [1.82, 2.24) is 15.1 Å². The van der Waals surface area contributed by atoms with Gasteiger partial charge in [-0.15, -0.1) is 0 Å². The van der Waals surface area contributed by atoms with Gasteiger partial charge in [-0.3, -0.25) is 14.7 Å². The second kappa shape index (κ2) is 8.85. The number of carboxylic acids is 1.